The van der Waals surface area contributed by atoms with Crippen molar-refractivity contribution < 1.29 is 19.4 Å². The van der Waals surface area contributed by atoms with Crippen molar-refractivity contribution >= 4 is 14.8 Å². The van der Waals surface area contributed by atoms with Gasteiger partial charge < -0.3 is 10.8 Å². The van der Waals surface area contributed by atoms with E-state index in [-0.39, 0.29) is 0 Å². The van der Waals surface area contributed by atoms with Crippen molar-refractivity contribution in [3.05, 3.63) is 0 Å². The largest absolute Gasteiger partial charge is 0.491 e. The Balaban J connectivity index is 0. The molecule has 0 rings (SSSR count). The van der Waals surface area contributed by atoms with Gasteiger partial charge >= 0.3 is 14.8 Å². The third-order valence-corrected chi connectivity index (χ3v) is 0. The topological polar surface area (TPSA) is 101 Å². The third kappa shape index (κ3) is 132. The van der Waals surface area contributed by atoms with Crippen molar-refractivity contribution in [3.8, 4) is 0 Å². The van der Waals surface area contributed by atoms with Crippen LogP contribution in [-0.4, -0.2) is 16.1 Å². The Bertz CT molecular complexity index is 58.7. The predicted octanol–water partition coefficient (Wildman–Crippen LogP) is -0.459. The van der Waals surface area contributed by atoms with E-state index >= 15 is 0 Å². The molecule has 42 valence electrons. The quantitative estimate of drug-likeness (QED) is 0.382. The second kappa shape index (κ2) is 9.01. The van der Waals surface area contributed by atoms with Crippen LogP contribution < -0.4 is 5.73 Å². The van der Waals surface area contributed by atoms with Crippen molar-refractivity contribution in [2.45, 2.75) is 0 Å². The van der Waals surface area contributed by atoms with Crippen LogP contribution in [0.2, 0.25) is 0 Å². The lowest BCUT2D eigenvalue weighted by Gasteiger charge is -1.61. The van der Waals surface area contributed by atoms with Crippen LogP contribution in [0.15, 0.2) is 0 Å². The van der Waals surface area contributed by atoms with Gasteiger partial charge in [-0.15, -0.1) is 0 Å². The van der Waals surface area contributed by atoms with Gasteiger partial charge in [0.1, 0.15) is 0 Å². The van der Waals surface area contributed by atoms with E-state index in [1.807, 2.05) is 0 Å². The minimum atomic E-state index is -1.33. The standard InChI is InChI=1S/CH3NO2.HO2P/c2-1(3)4;1-3-2/h2H2,(H,3,4);3H/p+1. The summed E-state index contributed by atoms with van der Waals surface area (Å²) < 4.78 is 8.51. The van der Waals surface area contributed by atoms with Gasteiger partial charge in [-0.25, -0.2) is 4.79 Å². The van der Waals surface area contributed by atoms with Crippen molar-refractivity contribution in [1.29, 1.82) is 0 Å². The molecule has 0 aromatic heterocycles. The highest BCUT2D eigenvalue weighted by Crippen LogP contribution is 1.66. The molecule has 7 heavy (non-hydrogen) atoms. The van der Waals surface area contributed by atoms with Crippen molar-refractivity contribution in [3.63, 3.8) is 0 Å². The molecule has 0 aliphatic heterocycles. The predicted molar refractivity (Wildman–Crippen MR) is 23.4 cm³/mol. The minimum absolute atomic E-state index is 1.17. The van der Waals surface area contributed by atoms with Crippen LogP contribution in [0.4, 0.5) is 4.79 Å². The number of nitrogens with two attached hydrogens (primary N) is 1. The molecule has 1 amide bonds. The number of primary amides is 1. The summed E-state index contributed by atoms with van der Waals surface area (Å²) in [5, 5.41) is 7.19. The van der Waals surface area contributed by atoms with Crippen molar-refractivity contribution in [1.82, 2.24) is 0 Å². The fourth-order valence-corrected chi connectivity index (χ4v) is 0. The number of hydrogen-bond donors (Lipinski definition) is 3. The molecule has 6 heteroatoms. The lowest BCUT2D eigenvalue weighted by molar-refractivity contribution is 0.205. The minimum Gasteiger partial charge on any atom is -0.465 e. The zero-order chi connectivity index (χ0) is 6.28. The van der Waals surface area contributed by atoms with Crippen LogP contribution in [0.5, 0.6) is 0 Å². The Morgan fingerprint density at radius 3 is 1.71 bits per heavy atom. The SMILES string of the molecule is NC(=O)O.O=[PH+]O. The van der Waals surface area contributed by atoms with E-state index in [9.17, 15) is 0 Å². The maximum absolute atomic E-state index is 8.78. The first-order chi connectivity index (χ1) is 3.15. The molecule has 0 bridgehead atoms. The van der Waals surface area contributed by atoms with E-state index in [1.54, 1.807) is 0 Å². The summed E-state index contributed by atoms with van der Waals surface area (Å²) in [6.07, 6.45) is -1.33. The molecule has 1 atom stereocenters. The Labute approximate surface area is 41.0 Å². The average Bonchev–Trinajstić information content (AvgIpc) is 1.33. The van der Waals surface area contributed by atoms with Gasteiger partial charge in [0.25, 0.3) is 0 Å². The summed E-state index contributed by atoms with van der Waals surface area (Å²) in [6, 6.07) is 0. The summed E-state index contributed by atoms with van der Waals surface area (Å²) in [7, 11) is -1.17. The number of carboxylic acid groups (broad SMARTS) is 1. The molecule has 0 saturated heterocycles. The molecule has 0 radical (unpaired) electrons. The molecule has 0 aliphatic carbocycles. The highest BCUT2D eigenvalue weighted by Gasteiger charge is 1.65. The Morgan fingerprint density at radius 2 is 1.71 bits per heavy atom. The van der Waals surface area contributed by atoms with Gasteiger partial charge in [-0.2, -0.15) is 4.89 Å². The van der Waals surface area contributed by atoms with Gasteiger partial charge in [0.15, 0.2) is 0 Å². The normalized spacial score (nSPS) is 6.43. The number of carbonyl (C=O) groups is 1. The van der Waals surface area contributed by atoms with E-state index < -0.39 is 14.8 Å². The highest BCUT2D eigenvalue weighted by molar-refractivity contribution is 7.16. The van der Waals surface area contributed by atoms with E-state index in [0.29, 0.717) is 0 Å². The fourth-order valence-electron chi connectivity index (χ4n) is 0. The van der Waals surface area contributed by atoms with Gasteiger partial charge in [-0.1, -0.05) is 0 Å². The molecule has 4 N–H and O–H groups in total. The first kappa shape index (κ1) is 9.59. The van der Waals surface area contributed by atoms with Crippen LogP contribution in [0.3, 0.4) is 0 Å². The smallest absolute Gasteiger partial charge is 0.465 e. The lowest BCUT2D eigenvalue weighted by Crippen LogP contribution is -2.03. The molecule has 0 saturated carbocycles. The monoisotopic (exact) mass is 126 g/mol. The molecule has 0 fully saturated rings. The second-order valence-electron chi connectivity index (χ2n) is 0.430. The van der Waals surface area contributed by atoms with Crippen molar-refractivity contribution in [2.75, 3.05) is 0 Å². The first-order valence-corrected chi connectivity index (χ1v) is 2.00. The second-order valence-corrected chi connectivity index (χ2v) is 0.612. The number of hydrogen-bond acceptors (Lipinski definition) is 2. The Kier molecular flexibility index (Phi) is 12.3. The van der Waals surface area contributed by atoms with Crippen LogP contribution in [0.1, 0.15) is 0 Å². The first-order valence-electron chi connectivity index (χ1n) is 1.14. The fraction of sp³-hybridized carbons (Fsp3) is 0. The summed E-state index contributed by atoms with van der Waals surface area (Å²) in [5.41, 5.74) is 4.03. The van der Waals surface area contributed by atoms with E-state index in [0.717, 1.165) is 0 Å². The molecule has 1 unspecified atom stereocenters. The zero-order valence-electron chi connectivity index (χ0n) is 3.29. The third-order valence-electron chi connectivity index (χ3n) is 0. The van der Waals surface area contributed by atoms with Crippen LogP contribution >= 0.6 is 8.69 Å². The molecular formula is CH5NO4P+. The molecule has 0 aliphatic rings. The number of amides is 1. The van der Waals surface area contributed by atoms with E-state index in [4.69, 9.17) is 19.4 Å². The highest BCUT2D eigenvalue weighted by atomic mass is 31.1. The summed E-state index contributed by atoms with van der Waals surface area (Å²) in [5.74, 6) is 0. The van der Waals surface area contributed by atoms with Gasteiger partial charge in [0.05, 0.1) is 0 Å². The Hall–Kier alpha value is -0.670. The van der Waals surface area contributed by atoms with Gasteiger partial charge in [-0.05, 0) is 4.57 Å². The molecule has 0 aromatic rings. The van der Waals surface area contributed by atoms with Gasteiger partial charge in [-0.3, -0.25) is 0 Å². The lowest BCUT2D eigenvalue weighted by atomic mass is 11.3. The van der Waals surface area contributed by atoms with Gasteiger partial charge in [0, 0.05) is 0 Å². The van der Waals surface area contributed by atoms with E-state index in [2.05, 4.69) is 5.73 Å². The zero-order valence-corrected chi connectivity index (χ0v) is 4.29. The maximum atomic E-state index is 8.78. The van der Waals surface area contributed by atoms with Gasteiger partial charge in [0.2, 0.25) is 0 Å². The maximum Gasteiger partial charge on any atom is 0.491 e. The molecular weight excluding hydrogens is 121 g/mol. The summed E-state index contributed by atoms with van der Waals surface area (Å²) in [6.45, 7) is 0. The molecule has 0 spiro atoms. The summed E-state index contributed by atoms with van der Waals surface area (Å²) in [4.78, 5) is 15.8. The Morgan fingerprint density at radius 1 is 1.71 bits per heavy atom. The average molecular weight is 126 g/mol. The van der Waals surface area contributed by atoms with E-state index in [1.165, 1.54) is 0 Å². The van der Waals surface area contributed by atoms with Crippen LogP contribution in [0, 0.1) is 0 Å². The summed E-state index contributed by atoms with van der Waals surface area (Å²) >= 11 is 0. The van der Waals surface area contributed by atoms with Crippen molar-refractivity contribution in [2.24, 2.45) is 5.73 Å². The van der Waals surface area contributed by atoms with Crippen LogP contribution in [0.25, 0.3) is 0 Å². The van der Waals surface area contributed by atoms with Crippen LogP contribution in [-0.2, 0) is 4.57 Å². The molecule has 5 nitrogen and oxygen atoms in total. The molecule has 0 heterocycles. The number of rotatable bonds is 0. The molecule has 0 aromatic carbocycles.